The van der Waals surface area contributed by atoms with Crippen LogP contribution in [-0.4, -0.2) is 12.9 Å². The molecule has 0 radical (unpaired) electrons. The molecular weight excluding hydrogens is 284 g/mol. The van der Waals surface area contributed by atoms with Crippen LogP contribution in [0.25, 0.3) is 6.08 Å². The van der Waals surface area contributed by atoms with E-state index < -0.39 is 0 Å². The molecule has 5 rings (SSSR count). The Hall–Kier alpha value is -1.57. The molecule has 4 fully saturated rings. The molecule has 1 aromatic carbocycles. The fraction of sp³-hybridized carbons (Fsp3) is 0.571. The van der Waals surface area contributed by atoms with E-state index in [1.165, 1.54) is 19.3 Å². The van der Waals surface area contributed by atoms with Crippen molar-refractivity contribution in [2.75, 3.05) is 7.11 Å². The van der Waals surface area contributed by atoms with E-state index in [1.807, 2.05) is 31.2 Å². The molecule has 0 atom stereocenters. The molecule has 122 valence electrons. The third-order valence-electron chi connectivity index (χ3n) is 6.41. The molecule has 0 unspecified atom stereocenters. The Labute approximate surface area is 138 Å². The number of hydrogen-bond acceptors (Lipinski definition) is 2. The van der Waals surface area contributed by atoms with Gasteiger partial charge in [0, 0.05) is 5.41 Å². The molecule has 0 aromatic heterocycles. The first-order chi connectivity index (χ1) is 11.1. The van der Waals surface area contributed by atoms with Crippen LogP contribution in [0.1, 0.15) is 49.7 Å². The lowest BCUT2D eigenvalue weighted by Crippen LogP contribution is -2.49. The summed E-state index contributed by atoms with van der Waals surface area (Å²) in [7, 11) is 1.69. The average molecular weight is 310 g/mol. The summed E-state index contributed by atoms with van der Waals surface area (Å²) in [5.74, 6) is 3.74. The number of aryl methyl sites for hydroxylation is 1. The van der Waals surface area contributed by atoms with Crippen LogP contribution in [0.5, 0.6) is 5.75 Å². The lowest BCUT2D eigenvalue weighted by molar-refractivity contribution is -0.138. The maximum absolute atomic E-state index is 13.0. The molecule has 0 saturated heterocycles. The molecule has 0 aliphatic heterocycles. The summed E-state index contributed by atoms with van der Waals surface area (Å²) < 4.78 is 5.30. The number of carbonyl (C=O) groups excluding carboxylic acids is 1. The van der Waals surface area contributed by atoms with Crippen molar-refractivity contribution in [3.63, 3.8) is 0 Å². The van der Waals surface area contributed by atoms with Crippen LogP contribution in [0, 0.1) is 30.1 Å². The predicted octanol–water partition coefficient (Wildman–Crippen LogP) is 4.80. The molecular formula is C21H26O2. The monoisotopic (exact) mass is 310 g/mol. The Kier molecular flexibility index (Phi) is 3.59. The number of allylic oxidation sites excluding steroid dienone is 1. The second kappa shape index (κ2) is 5.51. The highest BCUT2D eigenvalue weighted by molar-refractivity contribution is 5.98. The summed E-state index contributed by atoms with van der Waals surface area (Å²) in [5, 5.41) is 0. The number of ether oxygens (including phenoxy) is 1. The van der Waals surface area contributed by atoms with Crippen molar-refractivity contribution in [2.45, 2.75) is 45.4 Å². The van der Waals surface area contributed by atoms with E-state index in [1.54, 1.807) is 7.11 Å². The number of hydrogen-bond donors (Lipinski definition) is 0. The van der Waals surface area contributed by atoms with E-state index in [-0.39, 0.29) is 5.41 Å². The number of carbonyl (C=O) groups is 1. The van der Waals surface area contributed by atoms with Crippen LogP contribution >= 0.6 is 0 Å². The van der Waals surface area contributed by atoms with Crippen LogP contribution in [-0.2, 0) is 4.79 Å². The molecule has 4 aliphatic rings. The Bertz CT molecular complexity index is 621. The van der Waals surface area contributed by atoms with Crippen molar-refractivity contribution < 1.29 is 9.53 Å². The van der Waals surface area contributed by atoms with Gasteiger partial charge in [0.1, 0.15) is 5.75 Å². The molecule has 4 bridgehead atoms. The van der Waals surface area contributed by atoms with Crippen LogP contribution < -0.4 is 4.74 Å². The Morgan fingerprint density at radius 3 is 2.26 bits per heavy atom. The minimum Gasteiger partial charge on any atom is -0.496 e. The summed E-state index contributed by atoms with van der Waals surface area (Å²) in [6.45, 7) is 2.04. The van der Waals surface area contributed by atoms with Crippen molar-refractivity contribution in [2.24, 2.45) is 23.2 Å². The molecule has 4 aliphatic carbocycles. The molecule has 2 heteroatoms. The molecule has 0 spiro atoms. The van der Waals surface area contributed by atoms with Gasteiger partial charge in [-0.3, -0.25) is 4.79 Å². The summed E-state index contributed by atoms with van der Waals surface area (Å²) in [6.07, 6.45) is 11.4. The topological polar surface area (TPSA) is 26.3 Å². The third kappa shape index (κ3) is 2.62. The maximum atomic E-state index is 13.0. The maximum Gasteiger partial charge on any atom is 0.161 e. The fourth-order valence-electron chi connectivity index (χ4n) is 5.77. The van der Waals surface area contributed by atoms with Crippen LogP contribution in [0.2, 0.25) is 0 Å². The van der Waals surface area contributed by atoms with Gasteiger partial charge in [-0.1, -0.05) is 12.1 Å². The van der Waals surface area contributed by atoms with Crippen molar-refractivity contribution in [3.8, 4) is 5.75 Å². The summed E-state index contributed by atoms with van der Waals surface area (Å²) in [6, 6.07) is 6.09. The lowest BCUT2D eigenvalue weighted by Gasteiger charge is -2.55. The second-order valence-corrected chi connectivity index (χ2v) is 8.12. The molecule has 23 heavy (non-hydrogen) atoms. The van der Waals surface area contributed by atoms with Crippen LogP contribution in [0.4, 0.5) is 0 Å². The molecule has 4 saturated carbocycles. The van der Waals surface area contributed by atoms with Gasteiger partial charge in [0.2, 0.25) is 0 Å². The van der Waals surface area contributed by atoms with E-state index in [0.29, 0.717) is 5.78 Å². The van der Waals surface area contributed by atoms with E-state index in [4.69, 9.17) is 4.74 Å². The van der Waals surface area contributed by atoms with Gasteiger partial charge in [-0.25, -0.2) is 0 Å². The second-order valence-electron chi connectivity index (χ2n) is 8.12. The van der Waals surface area contributed by atoms with Gasteiger partial charge in [-0.05, 0) is 92.5 Å². The number of ketones is 1. The Balaban J connectivity index is 1.52. The van der Waals surface area contributed by atoms with E-state index in [9.17, 15) is 4.79 Å². The number of methoxy groups -OCH3 is 1. The Morgan fingerprint density at radius 1 is 1.13 bits per heavy atom. The summed E-state index contributed by atoms with van der Waals surface area (Å²) >= 11 is 0. The molecule has 0 heterocycles. The van der Waals surface area contributed by atoms with E-state index in [2.05, 4.69) is 6.07 Å². The number of rotatable bonds is 4. The zero-order chi connectivity index (χ0) is 16.0. The van der Waals surface area contributed by atoms with Gasteiger partial charge in [0.15, 0.2) is 5.78 Å². The molecule has 0 N–H and O–H groups in total. The highest BCUT2D eigenvalue weighted by Crippen LogP contribution is 2.60. The SMILES string of the molecule is COc1ccc(/C=C/C(=O)C23CC4CC(CC(C4)C2)C3)cc1C. The minimum atomic E-state index is -0.0211. The van der Waals surface area contributed by atoms with Gasteiger partial charge >= 0.3 is 0 Å². The smallest absolute Gasteiger partial charge is 0.161 e. The zero-order valence-corrected chi connectivity index (χ0v) is 14.2. The summed E-state index contributed by atoms with van der Waals surface area (Å²) in [4.78, 5) is 13.0. The quantitative estimate of drug-likeness (QED) is 0.747. The molecule has 0 amide bonds. The van der Waals surface area contributed by atoms with Crippen LogP contribution in [0.15, 0.2) is 24.3 Å². The summed E-state index contributed by atoms with van der Waals surface area (Å²) in [5.41, 5.74) is 2.17. The lowest BCUT2D eigenvalue weighted by atomic mass is 9.48. The minimum absolute atomic E-state index is 0.0211. The van der Waals surface area contributed by atoms with Gasteiger partial charge in [-0.15, -0.1) is 0 Å². The van der Waals surface area contributed by atoms with Crippen molar-refractivity contribution >= 4 is 11.9 Å². The van der Waals surface area contributed by atoms with Gasteiger partial charge in [-0.2, -0.15) is 0 Å². The predicted molar refractivity (Wildman–Crippen MR) is 92.4 cm³/mol. The highest BCUT2D eigenvalue weighted by atomic mass is 16.5. The van der Waals surface area contributed by atoms with Crippen molar-refractivity contribution in [1.82, 2.24) is 0 Å². The van der Waals surface area contributed by atoms with E-state index in [0.717, 1.165) is 53.9 Å². The first-order valence-electron chi connectivity index (χ1n) is 8.95. The molecule has 2 nitrogen and oxygen atoms in total. The highest BCUT2D eigenvalue weighted by Gasteiger charge is 2.53. The first kappa shape index (κ1) is 15.0. The first-order valence-corrected chi connectivity index (χ1v) is 8.95. The van der Waals surface area contributed by atoms with Gasteiger partial charge in [0.05, 0.1) is 7.11 Å². The van der Waals surface area contributed by atoms with Crippen LogP contribution in [0.3, 0.4) is 0 Å². The van der Waals surface area contributed by atoms with Crippen molar-refractivity contribution in [3.05, 3.63) is 35.4 Å². The zero-order valence-electron chi connectivity index (χ0n) is 14.2. The normalized spacial score (nSPS) is 35.0. The van der Waals surface area contributed by atoms with Crippen molar-refractivity contribution in [1.29, 1.82) is 0 Å². The largest absolute Gasteiger partial charge is 0.496 e. The van der Waals surface area contributed by atoms with E-state index >= 15 is 0 Å². The molecule has 1 aromatic rings. The van der Waals surface area contributed by atoms with Gasteiger partial charge in [0.25, 0.3) is 0 Å². The Morgan fingerprint density at radius 2 is 1.74 bits per heavy atom. The standard InChI is InChI=1S/C21H26O2/c1-14-7-15(3-5-19(14)23-2)4-6-20(22)21-11-16-8-17(12-21)10-18(9-16)13-21/h3-7,16-18H,8-13H2,1-2H3/b6-4+. The van der Waals surface area contributed by atoms with Gasteiger partial charge < -0.3 is 4.74 Å². The third-order valence-corrected chi connectivity index (χ3v) is 6.41. The number of benzene rings is 1. The average Bonchev–Trinajstić information content (AvgIpc) is 2.51. The fourth-order valence-corrected chi connectivity index (χ4v) is 5.77.